The number of rotatable bonds is 9. The summed E-state index contributed by atoms with van der Waals surface area (Å²) in [6.45, 7) is 9.85. The third kappa shape index (κ3) is 4.87. The molecule has 12 heteroatoms. The number of nitrogens with zero attached hydrogens (tertiary/aromatic N) is 5. The topological polar surface area (TPSA) is 115 Å². The molecule has 3 amide bonds. The van der Waals surface area contributed by atoms with E-state index in [9.17, 15) is 18.0 Å². The zero-order chi connectivity index (χ0) is 25.2. The number of sulfonamides is 1. The second-order valence-electron chi connectivity index (χ2n) is 8.74. The number of amidine groups is 1. The average molecular weight is 507 g/mol. The summed E-state index contributed by atoms with van der Waals surface area (Å²) in [5.74, 6) is 0.482. The highest BCUT2D eigenvalue weighted by atomic mass is 32.2. The van der Waals surface area contributed by atoms with E-state index in [-0.39, 0.29) is 17.3 Å². The number of piperazine rings is 1. The largest absolute Gasteiger partial charge is 0.493 e. The summed E-state index contributed by atoms with van der Waals surface area (Å²) >= 11 is 0. The third-order valence-electron chi connectivity index (χ3n) is 6.61. The first-order chi connectivity index (χ1) is 16.8. The van der Waals surface area contributed by atoms with E-state index in [1.807, 2.05) is 13.8 Å². The molecule has 4 rings (SSSR count). The molecule has 35 heavy (non-hydrogen) atoms. The van der Waals surface area contributed by atoms with Gasteiger partial charge in [0.1, 0.15) is 5.75 Å². The Balaban J connectivity index is 1.61. The van der Waals surface area contributed by atoms with E-state index < -0.39 is 22.1 Å². The molecule has 2 fully saturated rings. The molecule has 192 valence electrons. The fraction of sp³-hybridized carbons (Fsp3) is 0.609. The van der Waals surface area contributed by atoms with Gasteiger partial charge >= 0.3 is 6.03 Å². The monoisotopic (exact) mass is 506 g/mol. The quantitative estimate of drug-likeness (QED) is 0.499. The van der Waals surface area contributed by atoms with Crippen LogP contribution in [-0.2, 0) is 14.8 Å². The molecule has 11 nitrogen and oxygen atoms in total. The van der Waals surface area contributed by atoms with E-state index in [0.29, 0.717) is 56.5 Å². The van der Waals surface area contributed by atoms with Crippen LogP contribution >= 0.6 is 0 Å². The van der Waals surface area contributed by atoms with Crippen LogP contribution < -0.4 is 10.2 Å². The summed E-state index contributed by atoms with van der Waals surface area (Å²) in [6, 6.07) is 3.57. The number of carbonyl (C=O) groups excluding carboxylic acids is 2. The fourth-order valence-electron chi connectivity index (χ4n) is 4.50. The number of aliphatic imine (C=N–C) groups is 1. The summed E-state index contributed by atoms with van der Waals surface area (Å²) in [5, 5.41) is 1.29. The first-order valence-electron chi connectivity index (χ1n) is 12.3. The molecular weight excluding hydrogens is 472 g/mol. The standard InChI is InChI=1S/C23H34N6O5S/c1-4-7-10-28-22(30)19-16-24-21(25-29(19)23(28)31)18-15-17(8-9-20(18)34-6-3)35(32,33)27-13-11-26(5-2)12-14-27/h8-9,15,19H,4-7,10-14,16H2,1-3H3,(H,24,25)/t19-/m1/s1. The Hall–Kier alpha value is -2.70. The van der Waals surface area contributed by atoms with Crippen molar-refractivity contribution < 1.29 is 22.7 Å². The first-order valence-corrected chi connectivity index (χ1v) is 13.7. The van der Waals surface area contributed by atoms with Gasteiger partial charge in [-0.05, 0) is 38.1 Å². The Morgan fingerprint density at radius 1 is 1.11 bits per heavy atom. The molecule has 0 aliphatic carbocycles. The lowest BCUT2D eigenvalue weighted by Crippen LogP contribution is -2.53. The van der Waals surface area contributed by atoms with E-state index >= 15 is 0 Å². The molecule has 3 aliphatic heterocycles. The molecule has 0 unspecified atom stereocenters. The van der Waals surface area contributed by atoms with E-state index in [1.54, 1.807) is 12.1 Å². The van der Waals surface area contributed by atoms with Gasteiger partial charge in [0, 0.05) is 32.7 Å². The van der Waals surface area contributed by atoms with Crippen molar-refractivity contribution in [2.24, 2.45) is 4.99 Å². The number of amides is 3. The maximum absolute atomic E-state index is 13.4. The minimum absolute atomic E-state index is 0.0943. The van der Waals surface area contributed by atoms with Gasteiger partial charge in [-0.1, -0.05) is 20.3 Å². The molecule has 3 aliphatic rings. The molecule has 0 radical (unpaired) electrons. The molecule has 3 heterocycles. The Morgan fingerprint density at radius 2 is 1.86 bits per heavy atom. The van der Waals surface area contributed by atoms with Crippen molar-refractivity contribution in [3.8, 4) is 5.75 Å². The number of benzene rings is 1. The van der Waals surface area contributed by atoms with Gasteiger partial charge in [0.05, 0.1) is 23.6 Å². The van der Waals surface area contributed by atoms with Crippen molar-refractivity contribution >= 4 is 27.8 Å². The Kier molecular flexibility index (Phi) is 7.62. The maximum Gasteiger partial charge on any atom is 0.346 e. The molecule has 0 spiro atoms. The number of unbranched alkanes of at least 4 members (excludes halogenated alkanes) is 1. The van der Waals surface area contributed by atoms with Gasteiger partial charge in [0.2, 0.25) is 10.0 Å². The molecule has 0 saturated carbocycles. The molecule has 1 N–H and O–H groups in total. The number of urea groups is 1. The van der Waals surface area contributed by atoms with E-state index in [2.05, 4.69) is 22.2 Å². The zero-order valence-electron chi connectivity index (χ0n) is 20.6. The van der Waals surface area contributed by atoms with Crippen molar-refractivity contribution in [1.82, 2.24) is 24.5 Å². The molecule has 0 bridgehead atoms. The predicted molar refractivity (Wildman–Crippen MR) is 131 cm³/mol. The van der Waals surface area contributed by atoms with Gasteiger partial charge in [-0.3, -0.25) is 20.1 Å². The third-order valence-corrected chi connectivity index (χ3v) is 8.50. The van der Waals surface area contributed by atoms with Crippen molar-refractivity contribution in [2.45, 2.75) is 44.6 Å². The number of nitrogens with one attached hydrogen (secondary N) is 1. The van der Waals surface area contributed by atoms with Crippen LogP contribution in [0.5, 0.6) is 5.75 Å². The zero-order valence-corrected chi connectivity index (χ0v) is 21.4. The number of carbonyl (C=O) groups is 2. The Morgan fingerprint density at radius 3 is 2.51 bits per heavy atom. The normalized spacial score (nSPS) is 21.7. The second kappa shape index (κ2) is 10.5. The van der Waals surface area contributed by atoms with Gasteiger partial charge in [0.25, 0.3) is 5.91 Å². The predicted octanol–water partition coefficient (Wildman–Crippen LogP) is 1.11. The lowest BCUT2D eigenvalue weighted by Gasteiger charge is -2.33. The Labute approximate surface area is 206 Å². The van der Waals surface area contributed by atoms with Crippen LogP contribution in [0, 0.1) is 0 Å². The summed E-state index contributed by atoms with van der Waals surface area (Å²) in [5.41, 5.74) is 3.40. The van der Waals surface area contributed by atoms with Crippen molar-refractivity contribution in [2.75, 3.05) is 52.4 Å². The lowest BCUT2D eigenvalue weighted by atomic mass is 10.1. The van der Waals surface area contributed by atoms with Crippen LogP contribution in [0.3, 0.4) is 0 Å². The summed E-state index contributed by atoms with van der Waals surface area (Å²) in [7, 11) is -3.72. The van der Waals surface area contributed by atoms with Crippen LogP contribution in [-0.4, -0.2) is 104 Å². The SMILES string of the molecule is CCCCN1C(=O)[C@H]2CN=C(c3cc(S(=O)(=O)N4CCN(CC)CC4)ccc3OCC)NN2C1=O. The van der Waals surface area contributed by atoms with E-state index in [1.165, 1.54) is 20.3 Å². The lowest BCUT2D eigenvalue weighted by molar-refractivity contribution is -0.128. The van der Waals surface area contributed by atoms with Crippen LogP contribution in [0.2, 0.25) is 0 Å². The average Bonchev–Trinajstić information content (AvgIpc) is 3.11. The highest BCUT2D eigenvalue weighted by molar-refractivity contribution is 7.89. The molecule has 1 aromatic carbocycles. The molecule has 1 atom stereocenters. The summed E-state index contributed by atoms with van der Waals surface area (Å²) in [4.78, 5) is 33.7. The first kappa shape index (κ1) is 25.4. The fourth-order valence-corrected chi connectivity index (χ4v) is 5.95. The van der Waals surface area contributed by atoms with Crippen LogP contribution in [0.15, 0.2) is 28.1 Å². The molecule has 0 aromatic heterocycles. The van der Waals surface area contributed by atoms with Crippen LogP contribution in [0.25, 0.3) is 0 Å². The van der Waals surface area contributed by atoms with Crippen molar-refractivity contribution in [1.29, 1.82) is 0 Å². The Bertz CT molecular complexity index is 1100. The van der Waals surface area contributed by atoms with Gasteiger partial charge in [-0.15, -0.1) is 0 Å². The number of hydrogen-bond acceptors (Lipinski definition) is 8. The van der Waals surface area contributed by atoms with Gasteiger partial charge < -0.3 is 9.64 Å². The van der Waals surface area contributed by atoms with Crippen LogP contribution in [0.1, 0.15) is 39.2 Å². The maximum atomic E-state index is 13.4. The summed E-state index contributed by atoms with van der Waals surface area (Å²) in [6.07, 6.45) is 1.59. The van der Waals surface area contributed by atoms with Crippen molar-refractivity contribution in [3.63, 3.8) is 0 Å². The van der Waals surface area contributed by atoms with Crippen molar-refractivity contribution in [3.05, 3.63) is 23.8 Å². The number of likely N-dealkylation sites (N-methyl/N-ethyl adjacent to an activating group) is 1. The number of ether oxygens (including phenoxy) is 1. The second-order valence-corrected chi connectivity index (χ2v) is 10.7. The van der Waals surface area contributed by atoms with Gasteiger partial charge in [-0.2, -0.15) is 4.31 Å². The highest BCUT2D eigenvalue weighted by Gasteiger charge is 2.47. The van der Waals surface area contributed by atoms with Gasteiger partial charge in [-0.25, -0.2) is 18.2 Å². The number of hydrogen-bond donors (Lipinski definition) is 1. The molecule has 1 aromatic rings. The smallest absolute Gasteiger partial charge is 0.346 e. The number of imide groups is 1. The number of fused-ring (bicyclic) bond motifs is 1. The highest BCUT2D eigenvalue weighted by Crippen LogP contribution is 2.28. The number of hydrazine groups is 1. The van der Waals surface area contributed by atoms with E-state index in [4.69, 9.17) is 4.74 Å². The minimum Gasteiger partial charge on any atom is -0.493 e. The summed E-state index contributed by atoms with van der Waals surface area (Å²) < 4.78 is 34.0. The minimum atomic E-state index is -3.72. The molecular formula is C23H34N6O5S. The van der Waals surface area contributed by atoms with E-state index in [0.717, 1.165) is 19.4 Å². The van der Waals surface area contributed by atoms with Crippen LogP contribution in [0.4, 0.5) is 4.79 Å². The molecule has 2 saturated heterocycles. The van der Waals surface area contributed by atoms with Gasteiger partial charge in [0.15, 0.2) is 11.9 Å².